The Morgan fingerprint density at radius 3 is 2.35 bits per heavy atom. The van der Waals surface area contributed by atoms with Gasteiger partial charge in [0.05, 0.1) is 6.61 Å². The zero-order valence-electron chi connectivity index (χ0n) is 9.90. The first-order chi connectivity index (χ1) is 8.04. The predicted molar refractivity (Wildman–Crippen MR) is 66.4 cm³/mol. The molecule has 0 spiro atoms. The highest BCUT2D eigenvalue weighted by atomic mass is 35.5. The molecule has 0 amide bonds. The van der Waals surface area contributed by atoms with Crippen molar-refractivity contribution in [2.24, 2.45) is 0 Å². The molecule has 0 aliphatic rings. The fourth-order valence-corrected chi connectivity index (χ4v) is 1.64. The van der Waals surface area contributed by atoms with Crippen molar-refractivity contribution in [1.29, 1.82) is 0 Å². The molecule has 0 heterocycles. The van der Waals surface area contributed by atoms with E-state index < -0.39 is 11.3 Å². The fraction of sp³-hybridized carbons (Fsp3) is 0.385. The minimum Gasteiger partial charge on any atom is -0.465 e. The van der Waals surface area contributed by atoms with Gasteiger partial charge in [0.15, 0.2) is 5.78 Å². The fourth-order valence-electron chi connectivity index (χ4n) is 1.40. The van der Waals surface area contributed by atoms with Crippen molar-refractivity contribution in [3.63, 3.8) is 0 Å². The quantitative estimate of drug-likeness (QED) is 0.461. The van der Waals surface area contributed by atoms with E-state index in [4.69, 9.17) is 16.3 Å². The maximum absolute atomic E-state index is 11.3. The van der Waals surface area contributed by atoms with Crippen LogP contribution in [0, 0.1) is 0 Å². The van der Waals surface area contributed by atoms with Crippen molar-refractivity contribution in [1.82, 2.24) is 0 Å². The summed E-state index contributed by atoms with van der Waals surface area (Å²) in [6.45, 7) is 3.58. The first kappa shape index (κ1) is 13.7. The molecule has 0 N–H and O–H groups in total. The van der Waals surface area contributed by atoms with Crippen LogP contribution in [0.25, 0.3) is 0 Å². The summed E-state index contributed by atoms with van der Waals surface area (Å²) in [6.07, 6.45) is 0.401. The number of alkyl halides is 1. The number of ketones is 1. The van der Waals surface area contributed by atoms with E-state index in [1.54, 1.807) is 31.2 Å². The molecule has 1 aromatic carbocycles. The number of carbonyl (C=O) groups excluding carboxylic acids is 2. The highest BCUT2D eigenvalue weighted by molar-refractivity contribution is 6.30. The van der Waals surface area contributed by atoms with E-state index in [-0.39, 0.29) is 5.78 Å². The van der Waals surface area contributed by atoms with E-state index in [9.17, 15) is 9.59 Å². The number of benzene rings is 1. The molecule has 1 atom stereocenters. The smallest absolute Gasteiger partial charge is 0.324 e. The van der Waals surface area contributed by atoms with Gasteiger partial charge in [-0.1, -0.05) is 24.3 Å². The van der Waals surface area contributed by atoms with Gasteiger partial charge in [0.25, 0.3) is 0 Å². The lowest BCUT2D eigenvalue weighted by Gasteiger charge is -2.08. The van der Waals surface area contributed by atoms with Gasteiger partial charge in [-0.3, -0.25) is 9.59 Å². The van der Waals surface area contributed by atoms with E-state index in [0.717, 1.165) is 5.56 Å². The Morgan fingerprint density at radius 2 is 1.88 bits per heavy atom. The largest absolute Gasteiger partial charge is 0.465 e. The van der Waals surface area contributed by atoms with Crippen molar-refractivity contribution in [3.05, 3.63) is 35.4 Å². The molecule has 4 heteroatoms. The molecule has 0 saturated carbocycles. The third-order valence-corrected chi connectivity index (χ3v) is 2.65. The molecular weight excluding hydrogens is 240 g/mol. The average molecular weight is 255 g/mol. The van der Waals surface area contributed by atoms with Gasteiger partial charge in [-0.2, -0.15) is 0 Å². The molecule has 1 aromatic rings. The highest BCUT2D eigenvalue weighted by Crippen LogP contribution is 2.11. The van der Waals surface area contributed by atoms with Gasteiger partial charge in [0, 0.05) is 5.56 Å². The molecule has 0 saturated heterocycles. The van der Waals surface area contributed by atoms with E-state index in [0.29, 0.717) is 18.6 Å². The van der Waals surface area contributed by atoms with Crippen molar-refractivity contribution in [2.75, 3.05) is 6.61 Å². The number of hydrogen-bond donors (Lipinski definition) is 0. The molecule has 1 rings (SSSR count). The minimum atomic E-state index is -0.682. The van der Waals surface area contributed by atoms with Gasteiger partial charge < -0.3 is 4.74 Å². The number of Topliss-reactive ketones (excluding diaryl/α,β-unsaturated/α-hetero) is 1. The lowest BCUT2D eigenvalue weighted by Crippen LogP contribution is -2.20. The summed E-state index contributed by atoms with van der Waals surface area (Å²) in [6, 6.07) is 7.05. The number of halogens is 1. The third-order valence-electron chi connectivity index (χ3n) is 2.32. The summed E-state index contributed by atoms with van der Waals surface area (Å²) in [5.74, 6) is -0.394. The first-order valence-corrected chi connectivity index (χ1v) is 5.88. The lowest BCUT2D eigenvalue weighted by atomic mass is 10.1. The SMILES string of the molecule is CCOC(=O)C(Cl)Cc1ccc(C(C)=O)cc1. The third kappa shape index (κ3) is 4.19. The van der Waals surface area contributed by atoms with Crippen LogP contribution < -0.4 is 0 Å². The van der Waals surface area contributed by atoms with Crippen LogP contribution in [0.3, 0.4) is 0 Å². The van der Waals surface area contributed by atoms with Crippen LogP contribution in [-0.2, 0) is 16.0 Å². The Balaban J connectivity index is 2.63. The van der Waals surface area contributed by atoms with Crippen LogP contribution in [0.15, 0.2) is 24.3 Å². The van der Waals surface area contributed by atoms with Gasteiger partial charge in [-0.15, -0.1) is 11.6 Å². The molecular formula is C13H15ClO3. The van der Waals surface area contributed by atoms with Gasteiger partial charge in [-0.05, 0) is 25.8 Å². The maximum atomic E-state index is 11.3. The Morgan fingerprint density at radius 1 is 1.29 bits per heavy atom. The van der Waals surface area contributed by atoms with Gasteiger partial charge >= 0.3 is 5.97 Å². The van der Waals surface area contributed by atoms with E-state index in [1.807, 2.05) is 0 Å². The topological polar surface area (TPSA) is 43.4 Å². The number of hydrogen-bond acceptors (Lipinski definition) is 3. The number of carbonyl (C=O) groups is 2. The second-order valence-electron chi connectivity index (χ2n) is 3.68. The van der Waals surface area contributed by atoms with E-state index >= 15 is 0 Å². The number of ether oxygens (including phenoxy) is 1. The lowest BCUT2D eigenvalue weighted by molar-refractivity contribution is -0.142. The second-order valence-corrected chi connectivity index (χ2v) is 4.20. The summed E-state index contributed by atoms with van der Waals surface area (Å²) < 4.78 is 4.81. The Labute approximate surface area is 106 Å². The normalized spacial score (nSPS) is 11.9. The van der Waals surface area contributed by atoms with Crippen LogP contribution in [0.2, 0.25) is 0 Å². The first-order valence-electron chi connectivity index (χ1n) is 5.45. The van der Waals surface area contributed by atoms with Crippen molar-refractivity contribution < 1.29 is 14.3 Å². The average Bonchev–Trinajstić information content (AvgIpc) is 2.30. The van der Waals surface area contributed by atoms with Crippen molar-refractivity contribution in [2.45, 2.75) is 25.6 Å². The van der Waals surface area contributed by atoms with Crippen LogP contribution in [-0.4, -0.2) is 23.7 Å². The summed E-state index contributed by atoms with van der Waals surface area (Å²) >= 11 is 5.91. The summed E-state index contributed by atoms with van der Waals surface area (Å²) in [5, 5.41) is -0.682. The molecule has 3 nitrogen and oxygen atoms in total. The molecule has 92 valence electrons. The minimum absolute atomic E-state index is 0.0179. The Kier molecular flexibility index (Phi) is 5.16. The zero-order chi connectivity index (χ0) is 12.8. The Hall–Kier alpha value is -1.35. The predicted octanol–water partition coefficient (Wildman–Crippen LogP) is 2.60. The molecule has 0 aliphatic carbocycles. The number of esters is 1. The molecule has 1 unspecified atom stereocenters. The number of rotatable bonds is 5. The summed E-state index contributed by atoms with van der Waals surface area (Å²) in [5.41, 5.74) is 1.55. The standard InChI is InChI=1S/C13H15ClO3/c1-3-17-13(16)12(14)8-10-4-6-11(7-5-10)9(2)15/h4-7,12H,3,8H2,1-2H3. The van der Waals surface area contributed by atoms with Gasteiger partial charge in [0.2, 0.25) is 0 Å². The molecule has 0 radical (unpaired) electrons. The van der Waals surface area contributed by atoms with Crippen LogP contribution in [0.1, 0.15) is 29.8 Å². The highest BCUT2D eigenvalue weighted by Gasteiger charge is 2.16. The second kappa shape index (κ2) is 6.40. The molecule has 0 fully saturated rings. The van der Waals surface area contributed by atoms with Gasteiger partial charge in [0.1, 0.15) is 5.38 Å². The molecule has 0 bridgehead atoms. The van der Waals surface area contributed by atoms with E-state index in [2.05, 4.69) is 0 Å². The maximum Gasteiger partial charge on any atom is 0.324 e. The van der Waals surface area contributed by atoms with Crippen LogP contribution >= 0.6 is 11.6 Å². The van der Waals surface area contributed by atoms with Gasteiger partial charge in [-0.25, -0.2) is 0 Å². The summed E-state index contributed by atoms with van der Waals surface area (Å²) in [4.78, 5) is 22.4. The van der Waals surface area contributed by atoms with Crippen LogP contribution in [0.5, 0.6) is 0 Å². The molecule has 17 heavy (non-hydrogen) atoms. The van der Waals surface area contributed by atoms with E-state index in [1.165, 1.54) is 6.92 Å². The van der Waals surface area contributed by atoms with Crippen molar-refractivity contribution in [3.8, 4) is 0 Å². The summed E-state index contributed by atoms with van der Waals surface area (Å²) in [7, 11) is 0. The zero-order valence-corrected chi connectivity index (χ0v) is 10.7. The monoisotopic (exact) mass is 254 g/mol. The van der Waals surface area contributed by atoms with Crippen LogP contribution in [0.4, 0.5) is 0 Å². The molecule has 0 aliphatic heterocycles. The molecule has 0 aromatic heterocycles. The van der Waals surface area contributed by atoms with Crippen molar-refractivity contribution >= 4 is 23.4 Å². The Bertz CT molecular complexity index is 398.